The third kappa shape index (κ3) is 2.70. The van der Waals surface area contributed by atoms with Crippen molar-refractivity contribution < 1.29 is 14.3 Å². The van der Waals surface area contributed by atoms with Crippen molar-refractivity contribution in [3.8, 4) is 0 Å². The first-order chi connectivity index (χ1) is 12.4. The van der Waals surface area contributed by atoms with Gasteiger partial charge in [-0.05, 0) is 85.9 Å². The van der Waals surface area contributed by atoms with E-state index in [1.54, 1.807) is 0 Å². The number of esters is 1. The van der Waals surface area contributed by atoms with Gasteiger partial charge in [-0.3, -0.25) is 9.59 Å². The molecule has 3 saturated carbocycles. The molecule has 4 aliphatic rings. The maximum Gasteiger partial charge on any atom is 0.305 e. The first kappa shape index (κ1) is 18.3. The molecule has 4 heteroatoms. The van der Waals surface area contributed by atoms with E-state index in [-0.39, 0.29) is 11.9 Å². The fourth-order valence-corrected chi connectivity index (χ4v) is 7.68. The van der Waals surface area contributed by atoms with Crippen molar-refractivity contribution in [2.24, 2.45) is 34.5 Å². The summed E-state index contributed by atoms with van der Waals surface area (Å²) in [6, 6.07) is 0.394. The Balaban J connectivity index is 1.51. The normalized spacial score (nSPS) is 47.3. The van der Waals surface area contributed by atoms with Crippen LogP contribution < -0.4 is 5.32 Å². The molecule has 4 rings (SSSR count). The molecule has 0 aromatic heterocycles. The van der Waals surface area contributed by atoms with Crippen LogP contribution in [0, 0.1) is 34.5 Å². The van der Waals surface area contributed by atoms with E-state index in [0.29, 0.717) is 35.6 Å². The number of amides is 1. The second kappa shape index (κ2) is 6.53. The third-order valence-corrected chi connectivity index (χ3v) is 9.22. The van der Waals surface area contributed by atoms with Crippen LogP contribution in [0.3, 0.4) is 0 Å². The van der Waals surface area contributed by atoms with Crippen LogP contribution in [0.1, 0.15) is 78.1 Å². The summed E-state index contributed by atoms with van der Waals surface area (Å²) in [4.78, 5) is 23.5. The number of hydrogen-bond acceptors (Lipinski definition) is 3. The van der Waals surface area contributed by atoms with Gasteiger partial charge < -0.3 is 10.1 Å². The molecule has 1 amide bonds. The highest BCUT2D eigenvalue weighted by Crippen LogP contribution is 2.66. The summed E-state index contributed by atoms with van der Waals surface area (Å²) in [5, 5.41) is 3.32. The van der Waals surface area contributed by atoms with Gasteiger partial charge in [0.2, 0.25) is 5.91 Å². The van der Waals surface area contributed by atoms with Crippen LogP contribution in [0.4, 0.5) is 0 Å². The number of carbonyl (C=O) groups is 2. The molecule has 4 nitrogen and oxygen atoms in total. The summed E-state index contributed by atoms with van der Waals surface area (Å²) >= 11 is 0. The van der Waals surface area contributed by atoms with E-state index in [2.05, 4.69) is 19.2 Å². The standard InChI is InChI=1S/C22H35NO3/c1-21-12-10-17-15(6-8-18-22(17,2)13-11-19(24)23-18)16(21)7-4-14(21)5-9-20(25)26-3/h14-18H,4-13H2,1-3H3,(H,23,24)/t14-,15?,16?,17?,18?,21?,22?/m1/s1. The van der Waals surface area contributed by atoms with Crippen LogP contribution in [-0.4, -0.2) is 25.0 Å². The lowest BCUT2D eigenvalue weighted by atomic mass is 9.47. The Morgan fingerprint density at radius 2 is 1.85 bits per heavy atom. The second-order valence-electron chi connectivity index (χ2n) is 10.0. The monoisotopic (exact) mass is 361 g/mol. The van der Waals surface area contributed by atoms with E-state index in [9.17, 15) is 9.59 Å². The summed E-state index contributed by atoms with van der Waals surface area (Å²) in [5.41, 5.74) is 0.693. The lowest BCUT2D eigenvalue weighted by Crippen LogP contribution is -2.61. The quantitative estimate of drug-likeness (QED) is 0.771. The third-order valence-electron chi connectivity index (χ3n) is 9.22. The Kier molecular flexibility index (Phi) is 4.60. The predicted molar refractivity (Wildman–Crippen MR) is 100 cm³/mol. The second-order valence-corrected chi connectivity index (χ2v) is 10.0. The Morgan fingerprint density at radius 3 is 2.62 bits per heavy atom. The average molecular weight is 362 g/mol. The van der Waals surface area contributed by atoms with Crippen molar-refractivity contribution in [2.75, 3.05) is 7.11 Å². The van der Waals surface area contributed by atoms with E-state index >= 15 is 0 Å². The first-order valence-corrected chi connectivity index (χ1v) is 10.7. The molecule has 4 fully saturated rings. The van der Waals surface area contributed by atoms with Crippen LogP contribution in [0.2, 0.25) is 0 Å². The number of hydrogen-bond donors (Lipinski definition) is 1. The molecule has 6 unspecified atom stereocenters. The zero-order valence-corrected chi connectivity index (χ0v) is 16.7. The number of methoxy groups -OCH3 is 1. The topological polar surface area (TPSA) is 55.4 Å². The fourth-order valence-electron chi connectivity index (χ4n) is 7.68. The molecule has 1 aliphatic heterocycles. The maximum atomic E-state index is 11.9. The van der Waals surface area contributed by atoms with Crippen molar-refractivity contribution in [3.63, 3.8) is 0 Å². The lowest BCUT2D eigenvalue weighted by molar-refractivity contribution is -0.142. The van der Waals surface area contributed by atoms with Gasteiger partial charge in [-0.15, -0.1) is 0 Å². The highest BCUT2D eigenvalue weighted by atomic mass is 16.5. The summed E-state index contributed by atoms with van der Waals surface area (Å²) in [6.07, 6.45) is 11.0. The summed E-state index contributed by atoms with van der Waals surface area (Å²) in [7, 11) is 1.49. The molecule has 0 bridgehead atoms. The van der Waals surface area contributed by atoms with Gasteiger partial charge in [-0.1, -0.05) is 13.8 Å². The Hall–Kier alpha value is -1.06. The number of ether oxygens (including phenoxy) is 1. The molecule has 26 heavy (non-hydrogen) atoms. The molecule has 0 radical (unpaired) electrons. The maximum absolute atomic E-state index is 11.9. The highest BCUT2D eigenvalue weighted by Gasteiger charge is 2.60. The fraction of sp³-hybridized carbons (Fsp3) is 0.909. The Labute approximate surface area is 157 Å². The number of piperidine rings is 1. The zero-order chi connectivity index (χ0) is 18.5. The van der Waals surface area contributed by atoms with Crippen molar-refractivity contribution in [1.82, 2.24) is 5.32 Å². The molecular weight excluding hydrogens is 326 g/mol. The molecule has 7 atom stereocenters. The summed E-state index contributed by atoms with van der Waals surface area (Å²) < 4.78 is 4.87. The molecular formula is C22H35NO3. The van der Waals surface area contributed by atoms with Crippen LogP contribution in [0.15, 0.2) is 0 Å². The van der Waals surface area contributed by atoms with Crippen molar-refractivity contribution in [3.05, 3.63) is 0 Å². The van der Waals surface area contributed by atoms with Crippen molar-refractivity contribution >= 4 is 11.9 Å². The van der Waals surface area contributed by atoms with Crippen molar-refractivity contribution in [1.29, 1.82) is 0 Å². The molecule has 0 aromatic rings. The summed E-state index contributed by atoms with van der Waals surface area (Å²) in [6.45, 7) is 4.97. The number of rotatable bonds is 3. The average Bonchev–Trinajstić information content (AvgIpc) is 2.96. The molecule has 3 aliphatic carbocycles. The van der Waals surface area contributed by atoms with E-state index in [0.717, 1.165) is 37.0 Å². The van der Waals surface area contributed by atoms with Gasteiger partial charge >= 0.3 is 5.97 Å². The summed E-state index contributed by atoms with van der Waals surface area (Å²) in [5.74, 6) is 3.25. The minimum atomic E-state index is -0.0586. The SMILES string of the molecule is COC(=O)CC[C@H]1CCC2C3CCC4NC(=O)CCC4(C)C3CCC21C. The van der Waals surface area contributed by atoms with Crippen LogP contribution in [-0.2, 0) is 14.3 Å². The number of fused-ring (bicyclic) bond motifs is 5. The van der Waals surface area contributed by atoms with Crippen LogP contribution >= 0.6 is 0 Å². The minimum Gasteiger partial charge on any atom is -0.469 e. The van der Waals surface area contributed by atoms with E-state index in [4.69, 9.17) is 4.74 Å². The van der Waals surface area contributed by atoms with E-state index in [1.165, 1.54) is 39.2 Å². The molecule has 1 saturated heterocycles. The molecule has 0 aromatic carbocycles. The smallest absolute Gasteiger partial charge is 0.305 e. The zero-order valence-electron chi connectivity index (χ0n) is 16.7. The molecule has 0 spiro atoms. The van der Waals surface area contributed by atoms with Gasteiger partial charge in [0, 0.05) is 18.9 Å². The Bertz CT molecular complexity index is 590. The first-order valence-electron chi connectivity index (χ1n) is 10.7. The van der Waals surface area contributed by atoms with Gasteiger partial charge in [-0.2, -0.15) is 0 Å². The van der Waals surface area contributed by atoms with Gasteiger partial charge in [0.1, 0.15) is 0 Å². The van der Waals surface area contributed by atoms with E-state index < -0.39 is 0 Å². The molecule has 1 heterocycles. The van der Waals surface area contributed by atoms with Gasteiger partial charge in [0.25, 0.3) is 0 Å². The predicted octanol–water partition coefficient (Wildman–Crippen LogP) is 4.08. The Morgan fingerprint density at radius 1 is 1.08 bits per heavy atom. The molecule has 146 valence electrons. The minimum absolute atomic E-state index is 0.0586. The van der Waals surface area contributed by atoms with Gasteiger partial charge in [-0.25, -0.2) is 0 Å². The van der Waals surface area contributed by atoms with Crippen LogP contribution in [0.5, 0.6) is 0 Å². The number of nitrogens with one attached hydrogen (secondary N) is 1. The highest BCUT2D eigenvalue weighted by molar-refractivity contribution is 5.77. The molecule has 1 N–H and O–H groups in total. The van der Waals surface area contributed by atoms with E-state index in [1.807, 2.05) is 0 Å². The largest absolute Gasteiger partial charge is 0.469 e. The van der Waals surface area contributed by atoms with Crippen LogP contribution in [0.25, 0.3) is 0 Å². The number of carbonyl (C=O) groups excluding carboxylic acids is 2. The van der Waals surface area contributed by atoms with Gasteiger partial charge in [0.05, 0.1) is 7.11 Å². The lowest BCUT2D eigenvalue weighted by Gasteiger charge is -2.60. The van der Waals surface area contributed by atoms with Crippen molar-refractivity contribution in [2.45, 2.75) is 84.1 Å². The van der Waals surface area contributed by atoms with Gasteiger partial charge in [0.15, 0.2) is 0 Å².